The minimum atomic E-state index is -0.453. The van der Waals surface area contributed by atoms with Crippen molar-refractivity contribution in [1.82, 2.24) is 20.9 Å². The van der Waals surface area contributed by atoms with Crippen molar-refractivity contribution in [2.75, 3.05) is 33.7 Å². The van der Waals surface area contributed by atoms with Gasteiger partial charge in [-0.3, -0.25) is 15.0 Å². The summed E-state index contributed by atoms with van der Waals surface area (Å²) in [4.78, 5) is 24.5. The summed E-state index contributed by atoms with van der Waals surface area (Å²) in [5, 5.41) is 7.96. The van der Waals surface area contributed by atoms with Crippen LogP contribution in [0, 0.1) is 0 Å². The molecule has 3 amide bonds. The van der Waals surface area contributed by atoms with E-state index in [1.807, 2.05) is 11.9 Å². The Labute approximate surface area is 102 Å². The lowest BCUT2D eigenvalue weighted by atomic mass is 10.1. The molecule has 17 heavy (non-hydrogen) atoms. The van der Waals surface area contributed by atoms with E-state index in [1.54, 1.807) is 0 Å². The molecule has 0 spiro atoms. The van der Waals surface area contributed by atoms with Crippen LogP contribution >= 0.6 is 0 Å². The fourth-order valence-corrected chi connectivity index (χ4v) is 2.03. The van der Waals surface area contributed by atoms with E-state index in [0.29, 0.717) is 6.04 Å². The summed E-state index contributed by atoms with van der Waals surface area (Å²) in [6.45, 7) is 2.30. The number of amides is 3. The third-order valence-electron chi connectivity index (χ3n) is 3.04. The third kappa shape index (κ3) is 5.14. The van der Waals surface area contributed by atoms with E-state index in [4.69, 9.17) is 0 Å². The topological polar surface area (TPSA) is 73.5 Å². The number of imide groups is 1. The first kappa shape index (κ1) is 13.9. The van der Waals surface area contributed by atoms with Crippen molar-refractivity contribution in [2.45, 2.75) is 25.3 Å². The van der Waals surface area contributed by atoms with Crippen LogP contribution in [-0.2, 0) is 4.79 Å². The molecular weight excluding hydrogens is 220 g/mol. The van der Waals surface area contributed by atoms with Gasteiger partial charge >= 0.3 is 6.03 Å². The van der Waals surface area contributed by atoms with Crippen LogP contribution in [0.15, 0.2) is 0 Å². The van der Waals surface area contributed by atoms with Crippen molar-refractivity contribution in [3.63, 3.8) is 0 Å². The Bertz CT molecular complexity index is 262. The fraction of sp³-hybridized carbons (Fsp3) is 0.818. The molecule has 0 aliphatic carbocycles. The van der Waals surface area contributed by atoms with E-state index < -0.39 is 6.03 Å². The standard InChI is InChI=1S/C11H22N4O2/c1-12-11(17)14-10(16)8-15(2)9-4-3-6-13-7-5-9/h9,13H,3-8H2,1-2H3,(H2,12,14,16,17). The van der Waals surface area contributed by atoms with Gasteiger partial charge in [-0.2, -0.15) is 0 Å². The Morgan fingerprint density at radius 3 is 2.82 bits per heavy atom. The molecule has 1 unspecified atom stereocenters. The van der Waals surface area contributed by atoms with Gasteiger partial charge in [-0.1, -0.05) is 0 Å². The SMILES string of the molecule is CNC(=O)NC(=O)CN(C)C1CCCNCC1. The largest absolute Gasteiger partial charge is 0.341 e. The van der Waals surface area contributed by atoms with Gasteiger partial charge in [0, 0.05) is 13.1 Å². The molecule has 1 rings (SSSR count). The van der Waals surface area contributed by atoms with Crippen LogP contribution in [0.1, 0.15) is 19.3 Å². The highest BCUT2D eigenvalue weighted by Crippen LogP contribution is 2.11. The lowest BCUT2D eigenvalue weighted by Gasteiger charge is -2.25. The molecule has 6 heteroatoms. The number of urea groups is 1. The lowest BCUT2D eigenvalue weighted by Crippen LogP contribution is -2.45. The van der Waals surface area contributed by atoms with Gasteiger partial charge in [-0.15, -0.1) is 0 Å². The van der Waals surface area contributed by atoms with Crippen LogP contribution in [-0.4, -0.2) is 56.6 Å². The summed E-state index contributed by atoms with van der Waals surface area (Å²) < 4.78 is 0. The zero-order valence-corrected chi connectivity index (χ0v) is 10.6. The number of hydrogen-bond donors (Lipinski definition) is 3. The predicted molar refractivity (Wildman–Crippen MR) is 65.7 cm³/mol. The van der Waals surface area contributed by atoms with Crippen molar-refractivity contribution >= 4 is 11.9 Å². The highest BCUT2D eigenvalue weighted by atomic mass is 16.2. The molecule has 6 nitrogen and oxygen atoms in total. The van der Waals surface area contributed by atoms with Gasteiger partial charge < -0.3 is 10.6 Å². The Balaban J connectivity index is 2.33. The van der Waals surface area contributed by atoms with Gasteiger partial charge in [0.1, 0.15) is 0 Å². The van der Waals surface area contributed by atoms with E-state index in [-0.39, 0.29) is 12.5 Å². The van der Waals surface area contributed by atoms with Gasteiger partial charge in [-0.05, 0) is 39.4 Å². The van der Waals surface area contributed by atoms with Gasteiger partial charge in [0.25, 0.3) is 0 Å². The molecule has 0 bridgehead atoms. The first-order valence-electron chi connectivity index (χ1n) is 6.06. The molecular formula is C11H22N4O2. The molecule has 1 aliphatic rings. The average molecular weight is 242 g/mol. The number of carbonyl (C=O) groups is 2. The quantitative estimate of drug-likeness (QED) is 0.625. The van der Waals surface area contributed by atoms with Crippen molar-refractivity contribution in [2.24, 2.45) is 0 Å². The molecule has 3 N–H and O–H groups in total. The number of carbonyl (C=O) groups excluding carboxylic acids is 2. The zero-order valence-electron chi connectivity index (χ0n) is 10.6. The molecule has 0 saturated carbocycles. The molecule has 0 aromatic heterocycles. The molecule has 0 radical (unpaired) electrons. The van der Waals surface area contributed by atoms with Gasteiger partial charge in [0.05, 0.1) is 6.54 Å². The van der Waals surface area contributed by atoms with Crippen LogP contribution in [0.5, 0.6) is 0 Å². The molecule has 1 saturated heterocycles. The number of nitrogens with one attached hydrogen (secondary N) is 3. The second kappa shape index (κ2) is 7.24. The molecule has 98 valence electrons. The Morgan fingerprint density at radius 2 is 2.12 bits per heavy atom. The summed E-state index contributed by atoms with van der Waals surface area (Å²) in [6.07, 6.45) is 3.27. The Morgan fingerprint density at radius 1 is 1.35 bits per heavy atom. The second-order valence-electron chi connectivity index (χ2n) is 4.38. The smallest absolute Gasteiger partial charge is 0.321 e. The molecule has 0 aromatic carbocycles. The van der Waals surface area contributed by atoms with Crippen molar-refractivity contribution in [3.05, 3.63) is 0 Å². The van der Waals surface area contributed by atoms with E-state index in [1.165, 1.54) is 7.05 Å². The first-order chi connectivity index (χ1) is 8.13. The zero-order chi connectivity index (χ0) is 12.7. The third-order valence-corrected chi connectivity index (χ3v) is 3.04. The highest BCUT2D eigenvalue weighted by Gasteiger charge is 2.19. The molecule has 1 heterocycles. The average Bonchev–Trinajstić information content (AvgIpc) is 2.57. The number of rotatable bonds is 3. The lowest BCUT2D eigenvalue weighted by molar-refractivity contribution is -0.121. The van der Waals surface area contributed by atoms with Crippen LogP contribution in [0.2, 0.25) is 0 Å². The predicted octanol–water partition coefficient (Wildman–Crippen LogP) is -0.484. The minimum absolute atomic E-state index is 0.260. The maximum absolute atomic E-state index is 11.5. The Hall–Kier alpha value is -1.14. The second-order valence-corrected chi connectivity index (χ2v) is 4.38. The Kier molecular flexibility index (Phi) is 5.93. The summed E-state index contributed by atoms with van der Waals surface area (Å²) >= 11 is 0. The van der Waals surface area contributed by atoms with E-state index in [0.717, 1.165) is 32.4 Å². The summed E-state index contributed by atoms with van der Waals surface area (Å²) in [7, 11) is 3.42. The molecule has 1 aliphatic heterocycles. The summed E-state index contributed by atoms with van der Waals surface area (Å²) in [5.41, 5.74) is 0. The normalized spacial score (nSPS) is 20.8. The van der Waals surface area contributed by atoms with Gasteiger partial charge in [-0.25, -0.2) is 4.79 Å². The summed E-state index contributed by atoms with van der Waals surface area (Å²) in [5.74, 6) is -0.260. The van der Waals surface area contributed by atoms with Crippen molar-refractivity contribution < 1.29 is 9.59 Å². The van der Waals surface area contributed by atoms with Crippen LogP contribution in [0.25, 0.3) is 0 Å². The molecule has 1 atom stereocenters. The molecule has 0 aromatic rings. The first-order valence-corrected chi connectivity index (χ1v) is 6.06. The van der Waals surface area contributed by atoms with Crippen LogP contribution < -0.4 is 16.0 Å². The van der Waals surface area contributed by atoms with Gasteiger partial charge in [0.15, 0.2) is 0 Å². The maximum atomic E-state index is 11.5. The van der Waals surface area contributed by atoms with Crippen LogP contribution in [0.3, 0.4) is 0 Å². The van der Waals surface area contributed by atoms with Gasteiger partial charge in [0.2, 0.25) is 5.91 Å². The van der Waals surface area contributed by atoms with Crippen LogP contribution in [0.4, 0.5) is 4.79 Å². The fourth-order valence-electron chi connectivity index (χ4n) is 2.03. The molecule has 1 fully saturated rings. The van der Waals surface area contributed by atoms with Crippen molar-refractivity contribution in [3.8, 4) is 0 Å². The highest BCUT2D eigenvalue weighted by molar-refractivity contribution is 5.95. The van der Waals surface area contributed by atoms with Crippen molar-refractivity contribution in [1.29, 1.82) is 0 Å². The summed E-state index contributed by atoms with van der Waals surface area (Å²) in [6, 6.07) is -0.0358. The maximum Gasteiger partial charge on any atom is 0.321 e. The van der Waals surface area contributed by atoms with E-state index in [2.05, 4.69) is 16.0 Å². The van der Waals surface area contributed by atoms with E-state index in [9.17, 15) is 9.59 Å². The van der Waals surface area contributed by atoms with E-state index >= 15 is 0 Å². The number of nitrogens with zero attached hydrogens (tertiary/aromatic N) is 1. The number of hydrogen-bond acceptors (Lipinski definition) is 4. The monoisotopic (exact) mass is 242 g/mol. The minimum Gasteiger partial charge on any atom is -0.341 e. The number of likely N-dealkylation sites (N-methyl/N-ethyl adjacent to an activating group) is 1.